The van der Waals surface area contributed by atoms with Crippen molar-refractivity contribution in [3.05, 3.63) is 29.8 Å². The van der Waals surface area contributed by atoms with Crippen molar-refractivity contribution in [2.24, 2.45) is 0 Å². The Labute approximate surface area is 124 Å². The molecule has 0 amide bonds. The van der Waals surface area contributed by atoms with Crippen molar-refractivity contribution in [3.63, 3.8) is 0 Å². The lowest BCUT2D eigenvalue weighted by molar-refractivity contribution is 0.570. The first-order chi connectivity index (χ1) is 9.67. The van der Waals surface area contributed by atoms with Crippen molar-refractivity contribution in [2.45, 2.75) is 71.5 Å². The minimum absolute atomic E-state index is 0.446. The van der Waals surface area contributed by atoms with E-state index in [9.17, 15) is 0 Å². The van der Waals surface area contributed by atoms with Crippen LogP contribution in [0.5, 0.6) is 0 Å². The standard InChI is InChI=1S/C18H30N2/c1-5-13-19-15(4)16-8-11-18(12-9-16)20-14(3)7-10-17(20)6-2/h8-9,11-12,14-15,17,19H,5-7,10,13H2,1-4H3. The van der Waals surface area contributed by atoms with Crippen molar-refractivity contribution in [1.29, 1.82) is 0 Å². The van der Waals surface area contributed by atoms with Gasteiger partial charge in [0, 0.05) is 23.8 Å². The zero-order valence-corrected chi connectivity index (χ0v) is 13.5. The lowest BCUT2D eigenvalue weighted by Crippen LogP contribution is -2.34. The molecule has 112 valence electrons. The number of hydrogen-bond acceptors (Lipinski definition) is 2. The summed E-state index contributed by atoms with van der Waals surface area (Å²) in [6, 6.07) is 11.1. The number of benzene rings is 1. The van der Waals surface area contributed by atoms with Crippen molar-refractivity contribution in [2.75, 3.05) is 11.4 Å². The minimum atomic E-state index is 0.446. The summed E-state index contributed by atoms with van der Waals surface area (Å²) in [7, 11) is 0. The smallest absolute Gasteiger partial charge is 0.0371 e. The molecule has 2 rings (SSSR count). The second-order valence-electron chi connectivity index (χ2n) is 6.16. The fourth-order valence-electron chi connectivity index (χ4n) is 3.35. The molecule has 1 aliphatic heterocycles. The molecule has 0 aromatic heterocycles. The summed E-state index contributed by atoms with van der Waals surface area (Å²) >= 11 is 0. The molecule has 1 aromatic carbocycles. The van der Waals surface area contributed by atoms with Crippen LogP contribution in [0, 0.1) is 0 Å². The Morgan fingerprint density at radius 3 is 2.50 bits per heavy atom. The van der Waals surface area contributed by atoms with Crippen molar-refractivity contribution in [1.82, 2.24) is 5.32 Å². The number of rotatable bonds is 6. The largest absolute Gasteiger partial charge is 0.366 e. The molecule has 1 N–H and O–H groups in total. The molecule has 3 atom stereocenters. The molecule has 20 heavy (non-hydrogen) atoms. The zero-order chi connectivity index (χ0) is 14.5. The number of hydrogen-bond donors (Lipinski definition) is 1. The van der Waals surface area contributed by atoms with Gasteiger partial charge in [-0.3, -0.25) is 0 Å². The SMILES string of the molecule is CCCNC(C)c1ccc(N2C(C)CCC2CC)cc1. The predicted molar refractivity (Wildman–Crippen MR) is 88.4 cm³/mol. The van der Waals surface area contributed by atoms with E-state index in [-0.39, 0.29) is 0 Å². The maximum absolute atomic E-state index is 3.55. The van der Waals surface area contributed by atoms with Gasteiger partial charge in [0.25, 0.3) is 0 Å². The van der Waals surface area contributed by atoms with Gasteiger partial charge in [-0.25, -0.2) is 0 Å². The van der Waals surface area contributed by atoms with Crippen LogP contribution in [-0.2, 0) is 0 Å². The molecule has 2 heteroatoms. The van der Waals surface area contributed by atoms with Gasteiger partial charge >= 0.3 is 0 Å². The topological polar surface area (TPSA) is 15.3 Å². The van der Waals surface area contributed by atoms with Gasteiger partial charge in [0.1, 0.15) is 0 Å². The van der Waals surface area contributed by atoms with E-state index in [0.717, 1.165) is 12.6 Å². The Bertz CT molecular complexity index is 398. The maximum atomic E-state index is 3.55. The summed E-state index contributed by atoms with van der Waals surface area (Å²) in [4.78, 5) is 2.62. The van der Waals surface area contributed by atoms with Gasteiger partial charge in [-0.15, -0.1) is 0 Å². The number of nitrogens with zero attached hydrogens (tertiary/aromatic N) is 1. The molecule has 0 bridgehead atoms. The number of anilines is 1. The normalized spacial score (nSPS) is 24.1. The third-order valence-electron chi connectivity index (χ3n) is 4.65. The van der Waals surface area contributed by atoms with Crippen LogP contribution in [-0.4, -0.2) is 18.6 Å². The van der Waals surface area contributed by atoms with E-state index in [1.165, 1.54) is 36.9 Å². The van der Waals surface area contributed by atoms with Crippen LogP contribution < -0.4 is 10.2 Å². The van der Waals surface area contributed by atoms with Crippen LogP contribution in [0.4, 0.5) is 5.69 Å². The van der Waals surface area contributed by atoms with E-state index in [0.29, 0.717) is 12.1 Å². The van der Waals surface area contributed by atoms with Crippen molar-refractivity contribution in [3.8, 4) is 0 Å². The van der Waals surface area contributed by atoms with E-state index < -0.39 is 0 Å². The Balaban J connectivity index is 2.07. The molecular weight excluding hydrogens is 244 g/mol. The molecule has 1 aromatic rings. The summed E-state index contributed by atoms with van der Waals surface area (Å²) in [6.45, 7) is 10.2. The Morgan fingerprint density at radius 1 is 1.20 bits per heavy atom. The number of nitrogens with one attached hydrogen (secondary N) is 1. The zero-order valence-electron chi connectivity index (χ0n) is 13.5. The molecule has 3 unspecified atom stereocenters. The van der Waals surface area contributed by atoms with E-state index in [1.807, 2.05) is 0 Å². The first kappa shape index (κ1) is 15.4. The second kappa shape index (κ2) is 7.12. The van der Waals surface area contributed by atoms with Crippen molar-refractivity contribution >= 4 is 5.69 Å². The summed E-state index contributed by atoms with van der Waals surface area (Å²) in [5.74, 6) is 0. The van der Waals surface area contributed by atoms with Crippen LogP contribution >= 0.6 is 0 Å². The van der Waals surface area contributed by atoms with Crippen LogP contribution in [0.3, 0.4) is 0 Å². The summed E-state index contributed by atoms with van der Waals surface area (Å²) in [6.07, 6.45) is 5.11. The fraction of sp³-hybridized carbons (Fsp3) is 0.667. The molecule has 0 radical (unpaired) electrons. The monoisotopic (exact) mass is 274 g/mol. The van der Waals surface area contributed by atoms with Crippen LogP contribution in [0.2, 0.25) is 0 Å². The molecule has 1 aliphatic rings. The van der Waals surface area contributed by atoms with Gasteiger partial charge in [0.05, 0.1) is 0 Å². The third-order valence-corrected chi connectivity index (χ3v) is 4.65. The first-order valence-electron chi connectivity index (χ1n) is 8.29. The lowest BCUT2D eigenvalue weighted by Gasteiger charge is -2.30. The fourth-order valence-corrected chi connectivity index (χ4v) is 3.35. The first-order valence-corrected chi connectivity index (χ1v) is 8.29. The highest BCUT2D eigenvalue weighted by atomic mass is 15.2. The molecule has 1 heterocycles. The van der Waals surface area contributed by atoms with Crippen LogP contribution in [0.25, 0.3) is 0 Å². The second-order valence-corrected chi connectivity index (χ2v) is 6.16. The van der Waals surface area contributed by atoms with E-state index in [2.05, 4.69) is 62.2 Å². The summed E-state index contributed by atoms with van der Waals surface area (Å²) < 4.78 is 0. The Morgan fingerprint density at radius 2 is 1.90 bits per heavy atom. The van der Waals surface area contributed by atoms with Crippen molar-refractivity contribution < 1.29 is 0 Å². The summed E-state index contributed by atoms with van der Waals surface area (Å²) in [5.41, 5.74) is 2.79. The van der Waals surface area contributed by atoms with Gasteiger partial charge in [0.15, 0.2) is 0 Å². The molecule has 2 nitrogen and oxygen atoms in total. The highest BCUT2D eigenvalue weighted by Gasteiger charge is 2.29. The maximum Gasteiger partial charge on any atom is 0.0371 e. The van der Waals surface area contributed by atoms with Gasteiger partial charge in [-0.1, -0.05) is 26.0 Å². The average Bonchev–Trinajstić information content (AvgIpc) is 2.86. The van der Waals surface area contributed by atoms with Gasteiger partial charge in [-0.2, -0.15) is 0 Å². The van der Waals surface area contributed by atoms with Gasteiger partial charge in [0.2, 0.25) is 0 Å². The molecule has 0 saturated carbocycles. The minimum Gasteiger partial charge on any atom is -0.366 e. The quantitative estimate of drug-likeness (QED) is 0.821. The molecule has 1 fully saturated rings. The summed E-state index contributed by atoms with van der Waals surface area (Å²) in [5, 5.41) is 3.55. The Hall–Kier alpha value is -1.02. The molecule has 0 spiro atoms. The van der Waals surface area contributed by atoms with Crippen LogP contribution in [0.1, 0.15) is 65.0 Å². The molecule has 1 saturated heterocycles. The third kappa shape index (κ3) is 3.35. The highest BCUT2D eigenvalue weighted by molar-refractivity contribution is 5.51. The lowest BCUT2D eigenvalue weighted by atomic mass is 10.1. The van der Waals surface area contributed by atoms with Gasteiger partial charge < -0.3 is 10.2 Å². The van der Waals surface area contributed by atoms with Crippen LogP contribution in [0.15, 0.2) is 24.3 Å². The molecule has 0 aliphatic carbocycles. The van der Waals surface area contributed by atoms with E-state index in [1.54, 1.807) is 0 Å². The highest BCUT2D eigenvalue weighted by Crippen LogP contribution is 2.32. The average molecular weight is 274 g/mol. The van der Waals surface area contributed by atoms with Gasteiger partial charge in [-0.05, 0) is 63.8 Å². The Kier molecular flexibility index (Phi) is 5.47. The van der Waals surface area contributed by atoms with E-state index in [4.69, 9.17) is 0 Å². The molecular formula is C18H30N2. The predicted octanol–water partition coefficient (Wildman–Crippen LogP) is 4.51. The van der Waals surface area contributed by atoms with E-state index >= 15 is 0 Å².